The first kappa shape index (κ1) is 21.6. The lowest BCUT2D eigenvalue weighted by Crippen LogP contribution is -2.33. The van der Waals surface area contributed by atoms with Gasteiger partial charge in [-0.25, -0.2) is 4.79 Å². The van der Waals surface area contributed by atoms with E-state index < -0.39 is 5.60 Å². The lowest BCUT2D eigenvalue weighted by molar-refractivity contribution is -0.125. The molecular formula is C24H28N2O4. The molecule has 158 valence electrons. The van der Waals surface area contributed by atoms with E-state index in [2.05, 4.69) is 6.92 Å². The number of carbonyl (C=O) groups excluding carboxylic acids is 3. The van der Waals surface area contributed by atoms with Crippen molar-refractivity contribution in [2.24, 2.45) is 0 Å². The van der Waals surface area contributed by atoms with Crippen LogP contribution < -0.4 is 9.64 Å². The van der Waals surface area contributed by atoms with Gasteiger partial charge >= 0.3 is 6.03 Å². The molecule has 0 aromatic heterocycles. The number of hydrogen-bond acceptors (Lipinski definition) is 4. The van der Waals surface area contributed by atoms with Gasteiger partial charge in [0.2, 0.25) is 0 Å². The van der Waals surface area contributed by atoms with E-state index >= 15 is 0 Å². The lowest BCUT2D eigenvalue weighted by Gasteiger charge is -2.24. The number of hydrogen-bond donors (Lipinski definition) is 0. The Labute approximate surface area is 177 Å². The molecule has 0 radical (unpaired) electrons. The van der Waals surface area contributed by atoms with Crippen molar-refractivity contribution in [3.05, 3.63) is 58.7 Å². The summed E-state index contributed by atoms with van der Waals surface area (Å²) in [6, 6.07) is 11.2. The molecule has 1 aliphatic rings. The van der Waals surface area contributed by atoms with Crippen molar-refractivity contribution in [3.8, 4) is 5.75 Å². The molecule has 6 nitrogen and oxygen atoms in total. The number of ether oxygens (including phenoxy) is 1. The van der Waals surface area contributed by atoms with Crippen molar-refractivity contribution in [3.63, 3.8) is 0 Å². The second kappa shape index (κ2) is 8.30. The van der Waals surface area contributed by atoms with Crippen LogP contribution in [0.15, 0.2) is 36.4 Å². The predicted octanol–water partition coefficient (Wildman–Crippen LogP) is 4.19. The Morgan fingerprint density at radius 2 is 1.63 bits per heavy atom. The molecule has 2 aromatic rings. The van der Waals surface area contributed by atoms with Gasteiger partial charge < -0.3 is 4.74 Å². The van der Waals surface area contributed by atoms with E-state index in [0.717, 1.165) is 35.1 Å². The summed E-state index contributed by atoms with van der Waals surface area (Å²) in [6.45, 7) is 9.49. The number of rotatable bonds is 7. The average Bonchev–Trinajstić information content (AvgIpc) is 2.99. The molecule has 1 aliphatic heterocycles. The SMILES string of the molecule is CCc1ccc(N2CC(=O)N(Cc3cc(C)c(OC(C)(C)C=O)c(C)c3)C2=O)cc1. The fourth-order valence-corrected chi connectivity index (χ4v) is 3.57. The van der Waals surface area contributed by atoms with Crippen LogP contribution in [0.2, 0.25) is 0 Å². The predicted molar refractivity (Wildman–Crippen MR) is 116 cm³/mol. The van der Waals surface area contributed by atoms with Crippen LogP contribution in [0, 0.1) is 13.8 Å². The van der Waals surface area contributed by atoms with Gasteiger partial charge in [-0.2, -0.15) is 0 Å². The normalized spacial score (nSPS) is 14.4. The summed E-state index contributed by atoms with van der Waals surface area (Å²) in [5.74, 6) is 0.421. The van der Waals surface area contributed by atoms with E-state index in [9.17, 15) is 14.4 Å². The monoisotopic (exact) mass is 408 g/mol. The number of imide groups is 1. The maximum Gasteiger partial charge on any atom is 0.332 e. The molecule has 0 spiro atoms. The Kier molecular flexibility index (Phi) is 5.97. The fraction of sp³-hybridized carbons (Fsp3) is 0.375. The van der Waals surface area contributed by atoms with Gasteiger partial charge in [-0.15, -0.1) is 0 Å². The lowest BCUT2D eigenvalue weighted by atomic mass is 10.0. The summed E-state index contributed by atoms with van der Waals surface area (Å²) in [5.41, 5.74) is 3.52. The molecule has 2 aromatic carbocycles. The highest BCUT2D eigenvalue weighted by atomic mass is 16.5. The van der Waals surface area contributed by atoms with E-state index in [1.54, 1.807) is 13.8 Å². The van der Waals surface area contributed by atoms with E-state index in [1.807, 2.05) is 50.2 Å². The van der Waals surface area contributed by atoms with Crippen molar-refractivity contribution >= 4 is 23.9 Å². The molecule has 0 saturated carbocycles. The van der Waals surface area contributed by atoms with Crippen molar-refractivity contribution in [1.82, 2.24) is 4.90 Å². The molecule has 30 heavy (non-hydrogen) atoms. The molecule has 0 atom stereocenters. The zero-order valence-electron chi connectivity index (χ0n) is 18.2. The first-order chi connectivity index (χ1) is 14.1. The standard InChI is InChI=1S/C24H28N2O4/c1-6-18-7-9-20(10-8-18)25-14-21(28)26(23(25)29)13-19-11-16(2)22(17(3)12-19)30-24(4,5)15-27/h7-12,15H,6,13-14H2,1-5H3. The summed E-state index contributed by atoms with van der Waals surface area (Å²) in [7, 11) is 0. The molecule has 3 amide bonds. The highest BCUT2D eigenvalue weighted by Gasteiger charge is 2.37. The number of nitrogens with zero attached hydrogens (tertiary/aromatic N) is 2. The maximum atomic E-state index is 12.9. The Hall–Kier alpha value is -3.15. The summed E-state index contributed by atoms with van der Waals surface area (Å²) < 4.78 is 5.85. The van der Waals surface area contributed by atoms with Crippen LogP contribution in [-0.2, 0) is 22.6 Å². The number of carbonyl (C=O) groups is 3. The number of aldehydes is 1. The van der Waals surface area contributed by atoms with Crippen LogP contribution in [0.25, 0.3) is 0 Å². The van der Waals surface area contributed by atoms with Crippen molar-refractivity contribution < 1.29 is 19.1 Å². The molecule has 0 unspecified atom stereocenters. The third-order valence-electron chi connectivity index (χ3n) is 5.22. The van der Waals surface area contributed by atoms with Gasteiger partial charge in [-0.3, -0.25) is 19.4 Å². The number of anilines is 1. The van der Waals surface area contributed by atoms with E-state index in [-0.39, 0.29) is 25.0 Å². The Morgan fingerprint density at radius 3 is 2.17 bits per heavy atom. The fourth-order valence-electron chi connectivity index (χ4n) is 3.57. The molecule has 1 saturated heterocycles. The van der Waals surface area contributed by atoms with Gasteiger partial charge in [0.05, 0.1) is 6.54 Å². The van der Waals surface area contributed by atoms with Crippen LogP contribution in [0.4, 0.5) is 10.5 Å². The van der Waals surface area contributed by atoms with Crippen LogP contribution in [0.5, 0.6) is 5.75 Å². The minimum atomic E-state index is -0.925. The summed E-state index contributed by atoms with van der Waals surface area (Å²) in [4.78, 5) is 39.4. The molecular weight excluding hydrogens is 380 g/mol. The highest BCUT2D eigenvalue weighted by molar-refractivity contribution is 6.12. The maximum absolute atomic E-state index is 12.9. The second-order valence-corrected chi connectivity index (χ2v) is 8.25. The van der Waals surface area contributed by atoms with Gasteiger partial charge in [0, 0.05) is 5.69 Å². The average molecular weight is 408 g/mol. The topological polar surface area (TPSA) is 66.9 Å². The molecule has 1 fully saturated rings. The molecule has 1 heterocycles. The largest absolute Gasteiger partial charge is 0.480 e. The molecule has 0 N–H and O–H groups in total. The smallest absolute Gasteiger partial charge is 0.332 e. The van der Waals surface area contributed by atoms with Gasteiger partial charge in [0.1, 0.15) is 12.3 Å². The number of benzene rings is 2. The van der Waals surface area contributed by atoms with E-state index in [4.69, 9.17) is 4.74 Å². The number of amides is 3. The Balaban J connectivity index is 1.79. The van der Waals surface area contributed by atoms with Gasteiger partial charge in [0.25, 0.3) is 5.91 Å². The zero-order chi connectivity index (χ0) is 22.1. The Bertz CT molecular complexity index is 956. The van der Waals surface area contributed by atoms with Crippen LogP contribution in [-0.4, -0.2) is 35.3 Å². The van der Waals surface area contributed by atoms with Gasteiger partial charge in [-0.05, 0) is 68.5 Å². The highest BCUT2D eigenvalue weighted by Crippen LogP contribution is 2.30. The zero-order valence-corrected chi connectivity index (χ0v) is 18.2. The summed E-state index contributed by atoms with van der Waals surface area (Å²) in [6.07, 6.45) is 1.69. The molecule has 0 aliphatic carbocycles. The van der Waals surface area contributed by atoms with Gasteiger partial charge in [-0.1, -0.05) is 31.2 Å². The third kappa shape index (κ3) is 4.37. The molecule has 0 bridgehead atoms. The van der Waals surface area contributed by atoms with Crippen LogP contribution in [0.1, 0.15) is 43.0 Å². The minimum Gasteiger partial charge on any atom is -0.480 e. The van der Waals surface area contributed by atoms with Gasteiger partial charge in [0.15, 0.2) is 11.9 Å². The minimum absolute atomic E-state index is 0.0387. The number of aryl methyl sites for hydroxylation is 3. The van der Waals surface area contributed by atoms with Crippen molar-refractivity contribution in [2.45, 2.75) is 53.2 Å². The second-order valence-electron chi connectivity index (χ2n) is 8.25. The van der Waals surface area contributed by atoms with Crippen LogP contribution >= 0.6 is 0 Å². The van der Waals surface area contributed by atoms with E-state index in [0.29, 0.717) is 5.75 Å². The molecule has 3 rings (SSSR count). The third-order valence-corrected chi connectivity index (χ3v) is 5.22. The quantitative estimate of drug-likeness (QED) is 0.509. The van der Waals surface area contributed by atoms with Crippen molar-refractivity contribution in [1.29, 1.82) is 0 Å². The Morgan fingerprint density at radius 1 is 1.03 bits per heavy atom. The first-order valence-electron chi connectivity index (χ1n) is 10.1. The van der Waals surface area contributed by atoms with Crippen molar-refractivity contribution in [2.75, 3.05) is 11.4 Å². The first-order valence-corrected chi connectivity index (χ1v) is 10.1. The number of urea groups is 1. The van der Waals surface area contributed by atoms with E-state index in [1.165, 1.54) is 15.4 Å². The summed E-state index contributed by atoms with van der Waals surface area (Å²) >= 11 is 0. The van der Waals surface area contributed by atoms with Crippen LogP contribution in [0.3, 0.4) is 0 Å². The molecule has 6 heteroatoms. The summed E-state index contributed by atoms with van der Waals surface area (Å²) in [5, 5.41) is 0.